The van der Waals surface area contributed by atoms with E-state index in [1.807, 2.05) is 0 Å². The molecule has 0 saturated carbocycles. The van der Waals surface area contributed by atoms with Crippen LogP contribution >= 0.6 is 0 Å². The highest BCUT2D eigenvalue weighted by molar-refractivity contribution is 5.69. The zero-order valence-corrected chi connectivity index (χ0v) is 32.2. The monoisotopic (exact) mass is 677 g/mol. The van der Waals surface area contributed by atoms with Crippen molar-refractivity contribution in [2.24, 2.45) is 0 Å². The molecule has 0 aliphatic carbocycles. The Bertz CT molecular complexity index is 660. The fraction of sp³-hybridized carbons (Fsp3) is 0.909. The Morgan fingerprint density at radius 2 is 0.500 bits per heavy atom. The lowest BCUT2D eigenvalue weighted by Crippen LogP contribution is -1.98. The second-order valence-corrected chi connectivity index (χ2v) is 15.0. The number of carbonyl (C=O) groups is 2. The number of carbonyl (C=O) groups excluding carboxylic acids is 1. The molecule has 0 aromatic heterocycles. The maximum absolute atomic E-state index is 11.2. The van der Waals surface area contributed by atoms with E-state index < -0.39 is 5.97 Å². The topological polar surface area (TPSA) is 63.6 Å². The average Bonchev–Trinajstić information content (AvgIpc) is 3.07. The number of hydrogen-bond donors (Lipinski definition) is 1. The molecule has 0 atom stereocenters. The molecule has 0 unspecified atom stereocenters. The number of carboxylic acids is 1. The lowest BCUT2D eigenvalue weighted by molar-refractivity contribution is -0.138. The van der Waals surface area contributed by atoms with Crippen LogP contribution < -0.4 is 0 Å². The van der Waals surface area contributed by atoms with Crippen molar-refractivity contribution < 1.29 is 19.4 Å². The number of aliphatic carboxylic acids is 1. The Morgan fingerprint density at radius 1 is 0.333 bits per heavy atom. The first kappa shape index (κ1) is 46.7. The number of carboxylic acid groups (broad SMARTS) is 1. The lowest BCUT2D eigenvalue weighted by Gasteiger charge is -2.05. The molecule has 0 heterocycles. The molecule has 4 nitrogen and oxygen atoms in total. The molecule has 0 rings (SSSR count). The SMILES string of the molecule is C=COC(=O)CCCCCCCCCCCCCCCCCCCCCCCCCCCCCCCCCCCCCCCCC(=O)O. The Morgan fingerprint density at radius 3 is 0.667 bits per heavy atom. The molecule has 48 heavy (non-hydrogen) atoms. The van der Waals surface area contributed by atoms with Crippen LogP contribution in [0.3, 0.4) is 0 Å². The minimum atomic E-state index is -0.651. The number of unbranched alkanes of at least 4 members (excludes halogenated alkanes) is 37. The molecule has 1 N–H and O–H groups in total. The van der Waals surface area contributed by atoms with E-state index in [9.17, 15) is 9.59 Å². The Hall–Kier alpha value is -1.32. The van der Waals surface area contributed by atoms with E-state index in [0.717, 1.165) is 25.7 Å². The maximum Gasteiger partial charge on any atom is 0.310 e. The summed E-state index contributed by atoms with van der Waals surface area (Å²) in [5.74, 6) is -0.798. The normalized spacial score (nSPS) is 11.2. The van der Waals surface area contributed by atoms with Crippen LogP contribution in [-0.4, -0.2) is 17.0 Å². The van der Waals surface area contributed by atoms with Crippen LogP contribution in [0.2, 0.25) is 0 Å². The maximum atomic E-state index is 11.2. The minimum absolute atomic E-state index is 0.147. The fourth-order valence-electron chi connectivity index (χ4n) is 7.06. The molecule has 0 aliphatic rings. The smallest absolute Gasteiger partial charge is 0.310 e. The van der Waals surface area contributed by atoms with Gasteiger partial charge in [-0.2, -0.15) is 0 Å². The van der Waals surface area contributed by atoms with Gasteiger partial charge in [0, 0.05) is 12.8 Å². The first-order valence-corrected chi connectivity index (χ1v) is 21.7. The molecule has 0 bridgehead atoms. The molecule has 284 valence electrons. The van der Waals surface area contributed by atoms with Gasteiger partial charge in [-0.3, -0.25) is 9.59 Å². The van der Waals surface area contributed by atoms with Gasteiger partial charge in [0.1, 0.15) is 0 Å². The van der Waals surface area contributed by atoms with Gasteiger partial charge in [-0.25, -0.2) is 0 Å². The summed E-state index contributed by atoms with van der Waals surface area (Å²) >= 11 is 0. The van der Waals surface area contributed by atoms with Gasteiger partial charge < -0.3 is 9.84 Å². The van der Waals surface area contributed by atoms with Gasteiger partial charge in [0.05, 0.1) is 6.26 Å². The Balaban J connectivity index is 3.07. The fourth-order valence-corrected chi connectivity index (χ4v) is 7.06. The van der Waals surface area contributed by atoms with Gasteiger partial charge in [-0.05, 0) is 12.8 Å². The van der Waals surface area contributed by atoms with Crippen LogP contribution in [-0.2, 0) is 14.3 Å². The van der Waals surface area contributed by atoms with Crippen molar-refractivity contribution in [1.29, 1.82) is 0 Å². The van der Waals surface area contributed by atoms with Crippen LogP contribution in [0.1, 0.15) is 257 Å². The van der Waals surface area contributed by atoms with E-state index in [-0.39, 0.29) is 5.97 Å². The van der Waals surface area contributed by atoms with E-state index >= 15 is 0 Å². The van der Waals surface area contributed by atoms with Crippen LogP contribution in [0.25, 0.3) is 0 Å². The third kappa shape index (κ3) is 42.7. The molecule has 0 saturated heterocycles. The number of hydrogen-bond acceptors (Lipinski definition) is 3. The van der Waals surface area contributed by atoms with Crippen molar-refractivity contribution in [2.75, 3.05) is 0 Å². The van der Waals surface area contributed by atoms with E-state index in [0.29, 0.717) is 12.8 Å². The second-order valence-electron chi connectivity index (χ2n) is 15.0. The third-order valence-corrected chi connectivity index (χ3v) is 10.2. The number of esters is 1. The molecular formula is C44H84O4. The summed E-state index contributed by atoms with van der Waals surface area (Å²) in [6.45, 7) is 3.41. The highest BCUT2D eigenvalue weighted by Gasteiger charge is 2.01. The zero-order valence-electron chi connectivity index (χ0n) is 32.2. The summed E-state index contributed by atoms with van der Waals surface area (Å²) < 4.78 is 4.74. The predicted octanol–water partition coefficient (Wildman–Crippen LogP) is 15.4. The van der Waals surface area contributed by atoms with Gasteiger partial charge in [-0.1, -0.05) is 238 Å². The van der Waals surface area contributed by atoms with Gasteiger partial charge in [0.15, 0.2) is 0 Å². The minimum Gasteiger partial charge on any atom is -0.481 e. The van der Waals surface area contributed by atoms with Gasteiger partial charge in [0.25, 0.3) is 0 Å². The van der Waals surface area contributed by atoms with Gasteiger partial charge >= 0.3 is 11.9 Å². The molecule has 4 heteroatoms. The van der Waals surface area contributed by atoms with Crippen LogP contribution in [0.15, 0.2) is 12.8 Å². The first-order chi connectivity index (χ1) is 23.7. The molecular weight excluding hydrogens is 592 g/mol. The third-order valence-electron chi connectivity index (χ3n) is 10.2. The van der Waals surface area contributed by atoms with Crippen molar-refractivity contribution in [3.05, 3.63) is 12.8 Å². The highest BCUT2D eigenvalue weighted by Crippen LogP contribution is 2.18. The zero-order chi connectivity index (χ0) is 34.9. The van der Waals surface area contributed by atoms with Crippen molar-refractivity contribution >= 4 is 11.9 Å². The number of rotatable bonds is 42. The molecule has 0 radical (unpaired) electrons. The quantitative estimate of drug-likeness (QED) is 0.0397. The van der Waals surface area contributed by atoms with E-state index in [4.69, 9.17) is 9.84 Å². The standard InChI is InChI=1S/C44H84O4/c1-2-48-44(47)42-40-38-36-34-32-30-28-26-24-22-20-18-16-14-12-10-8-6-4-3-5-7-9-11-13-15-17-19-21-23-25-27-29-31-33-35-37-39-41-43(45)46/h2H,1,3-42H2,(H,45,46). The summed E-state index contributed by atoms with van der Waals surface area (Å²) in [6.07, 6.45) is 54.1. The molecule has 0 spiro atoms. The molecule has 0 aliphatic heterocycles. The van der Waals surface area contributed by atoms with Gasteiger partial charge in [0.2, 0.25) is 0 Å². The lowest BCUT2D eigenvalue weighted by atomic mass is 10.0. The van der Waals surface area contributed by atoms with E-state index in [2.05, 4.69) is 6.58 Å². The van der Waals surface area contributed by atoms with E-state index in [1.54, 1.807) is 0 Å². The average molecular weight is 677 g/mol. The van der Waals surface area contributed by atoms with E-state index in [1.165, 1.54) is 225 Å². The largest absolute Gasteiger partial charge is 0.481 e. The van der Waals surface area contributed by atoms with Crippen LogP contribution in [0, 0.1) is 0 Å². The first-order valence-electron chi connectivity index (χ1n) is 21.7. The van der Waals surface area contributed by atoms with Crippen molar-refractivity contribution in [1.82, 2.24) is 0 Å². The Kier molecular flexibility index (Phi) is 40.7. The van der Waals surface area contributed by atoms with Crippen molar-refractivity contribution in [3.63, 3.8) is 0 Å². The van der Waals surface area contributed by atoms with Crippen molar-refractivity contribution in [2.45, 2.75) is 257 Å². The highest BCUT2D eigenvalue weighted by atomic mass is 16.5. The molecule has 0 aromatic rings. The molecule has 0 amide bonds. The molecule has 0 fully saturated rings. The summed E-state index contributed by atoms with van der Waals surface area (Å²) in [5.41, 5.74) is 0. The second kappa shape index (κ2) is 41.8. The van der Waals surface area contributed by atoms with Crippen molar-refractivity contribution in [3.8, 4) is 0 Å². The Labute approximate surface area is 300 Å². The summed E-state index contributed by atoms with van der Waals surface area (Å²) in [5, 5.41) is 8.65. The molecule has 0 aromatic carbocycles. The van der Waals surface area contributed by atoms with Crippen LogP contribution in [0.4, 0.5) is 0 Å². The van der Waals surface area contributed by atoms with Gasteiger partial charge in [-0.15, -0.1) is 0 Å². The predicted molar refractivity (Wildman–Crippen MR) is 209 cm³/mol. The summed E-state index contributed by atoms with van der Waals surface area (Å²) in [4.78, 5) is 21.7. The number of ether oxygens (including phenoxy) is 1. The summed E-state index contributed by atoms with van der Waals surface area (Å²) in [6, 6.07) is 0. The summed E-state index contributed by atoms with van der Waals surface area (Å²) in [7, 11) is 0. The van der Waals surface area contributed by atoms with Crippen LogP contribution in [0.5, 0.6) is 0 Å².